The standard InChI is InChI=1S/C13H13FN4O2S/c1-8-16-17-13(18(8)6-12(15)20)21-7-11(19)9-2-4-10(14)5-3-9/h2-5H,6-7H2,1H3,(H2,15,20). The molecule has 2 aromatic rings. The lowest BCUT2D eigenvalue weighted by atomic mass is 10.1. The predicted octanol–water partition coefficient (Wildman–Crippen LogP) is 1.19. The SMILES string of the molecule is Cc1nnc(SCC(=O)c2ccc(F)cc2)n1CC(N)=O. The highest BCUT2D eigenvalue weighted by Crippen LogP contribution is 2.18. The Labute approximate surface area is 124 Å². The van der Waals surface area contributed by atoms with E-state index in [-0.39, 0.29) is 18.1 Å². The maximum absolute atomic E-state index is 12.8. The summed E-state index contributed by atoms with van der Waals surface area (Å²) in [4.78, 5) is 23.0. The lowest BCUT2D eigenvalue weighted by molar-refractivity contribution is -0.118. The smallest absolute Gasteiger partial charge is 0.237 e. The monoisotopic (exact) mass is 308 g/mol. The predicted molar refractivity (Wildman–Crippen MR) is 75.4 cm³/mol. The zero-order valence-electron chi connectivity index (χ0n) is 11.2. The van der Waals surface area contributed by atoms with Crippen molar-refractivity contribution in [3.8, 4) is 0 Å². The fourth-order valence-electron chi connectivity index (χ4n) is 1.66. The number of amides is 1. The van der Waals surface area contributed by atoms with Gasteiger partial charge in [-0.05, 0) is 31.2 Å². The summed E-state index contributed by atoms with van der Waals surface area (Å²) in [6.07, 6.45) is 0. The number of primary amides is 1. The zero-order chi connectivity index (χ0) is 15.4. The van der Waals surface area contributed by atoms with E-state index < -0.39 is 11.7 Å². The molecule has 0 aliphatic heterocycles. The van der Waals surface area contributed by atoms with Gasteiger partial charge in [0.1, 0.15) is 18.2 Å². The van der Waals surface area contributed by atoms with Crippen molar-refractivity contribution < 1.29 is 14.0 Å². The molecule has 2 rings (SSSR count). The van der Waals surface area contributed by atoms with Crippen molar-refractivity contribution in [2.75, 3.05) is 5.75 Å². The van der Waals surface area contributed by atoms with Gasteiger partial charge in [-0.25, -0.2) is 4.39 Å². The van der Waals surface area contributed by atoms with Crippen LogP contribution in [0, 0.1) is 12.7 Å². The molecule has 0 unspecified atom stereocenters. The van der Waals surface area contributed by atoms with Crippen LogP contribution in [0.2, 0.25) is 0 Å². The van der Waals surface area contributed by atoms with E-state index in [1.807, 2.05) is 0 Å². The van der Waals surface area contributed by atoms with Gasteiger partial charge in [0.25, 0.3) is 0 Å². The van der Waals surface area contributed by atoms with Crippen LogP contribution in [0.1, 0.15) is 16.2 Å². The molecule has 0 saturated carbocycles. The number of nitrogens with zero attached hydrogens (tertiary/aromatic N) is 3. The van der Waals surface area contributed by atoms with Crippen LogP contribution in [0.25, 0.3) is 0 Å². The number of Topliss-reactive ketones (excluding diaryl/α,β-unsaturated/α-hetero) is 1. The largest absolute Gasteiger partial charge is 0.368 e. The third kappa shape index (κ3) is 3.88. The highest BCUT2D eigenvalue weighted by molar-refractivity contribution is 7.99. The average Bonchev–Trinajstić information content (AvgIpc) is 2.77. The van der Waals surface area contributed by atoms with E-state index in [9.17, 15) is 14.0 Å². The third-order valence-corrected chi connectivity index (χ3v) is 3.68. The number of aryl methyl sites for hydroxylation is 1. The average molecular weight is 308 g/mol. The first kappa shape index (κ1) is 15.2. The number of aromatic nitrogens is 3. The number of halogens is 1. The third-order valence-electron chi connectivity index (χ3n) is 2.71. The summed E-state index contributed by atoms with van der Waals surface area (Å²) in [7, 11) is 0. The van der Waals surface area contributed by atoms with Crippen molar-refractivity contribution in [2.24, 2.45) is 5.73 Å². The maximum atomic E-state index is 12.8. The van der Waals surface area contributed by atoms with Gasteiger partial charge < -0.3 is 5.73 Å². The fourth-order valence-corrected chi connectivity index (χ4v) is 2.53. The summed E-state index contributed by atoms with van der Waals surface area (Å²) >= 11 is 1.16. The van der Waals surface area contributed by atoms with Crippen LogP contribution in [-0.2, 0) is 11.3 Å². The summed E-state index contributed by atoms with van der Waals surface area (Å²) in [6.45, 7) is 1.66. The summed E-state index contributed by atoms with van der Waals surface area (Å²) in [6, 6.07) is 5.32. The van der Waals surface area contributed by atoms with Gasteiger partial charge in [-0.15, -0.1) is 10.2 Å². The number of carbonyl (C=O) groups is 2. The summed E-state index contributed by atoms with van der Waals surface area (Å²) < 4.78 is 14.3. The number of thioether (sulfide) groups is 1. The Kier molecular flexibility index (Phi) is 4.69. The molecule has 0 aliphatic carbocycles. The Bertz CT molecular complexity index is 669. The molecule has 21 heavy (non-hydrogen) atoms. The second-order valence-electron chi connectivity index (χ2n) is 4.30. The van der Waals surface area contributed by atoms with Crippen LogP contribution < -0.4 is 5.73 Å². The molecular formula is C13H13FN4O2S. The van der Waals surface area contributed by atoms with Gasteiger partial charge in [-0.3, -0.25) is 14.2 Å². The lowest BCUT2D eigenvalue weighted by Crippen LogP contribution is -2.20. The second-order valence-corrected chi connectivity index (χ2v) is 5.24. The molecule has 1 aromatic carbocycles. The molecule has 0 saturated heterocycles. The number of carbonyl (C=O) groups excluding carboxylic acids is 2. The first-order valence-electron chi connectivity index (χ1n) is 6.07. The summed E-state index contributed by atoms with van der Waals surface area (Å²) in [5, 5.41) is 8.21. The van der Waals surface area contributed by atoms with Crippen LogP contribution in [0.3, 0.4) is 0 Å². The molecule has 0 radical (unpaired) electrons. The molecule has 110 valence electrons. The molecule has 0 fully saturated rings. The summed E-state index contributed by atoms with van der Waals surface area (Å²) in [5.41, 5.74) is 5.57. The molecule has 6 nitrogen and oxygen atoms in total. The highest BCUT2D eigenvalue weighted by Gasteiger charge is 2.14. The highest BCUT2D eigenvalue weighted by atomic mass is 32.2. The van der Waals surface area contributed by atoms with E-state index in [2.05, 4.69) is 10.2 Å². The van der Waals surface area contributed by atoms with Gasteiger partial charge in [-0.1, -0.05) is 11.8 Å². The first-order chi connectivity index (χ1) is 9.97. The first-order valence-corrected chi connectivity index (χ1v) is 7.05. The Morgan fingerprint density at radius 2 is 1.95 bits per heavy atom. The Morgan fingerprint density at radius 3 is 2.57 bits per heavy atom. The molecule has 0 bridgehead atoms. The molecule has 8 heteroatoms. The number of nitrogens with two attached hydrogens (primary N) is 1. The van der Waals surface area contributed by atoms with Crippen molar-refractivity contribution in [3.63, 3.8) is 0 Å². The van der Waals surface area contributed by atoms with Crippen molar-refractivity contribution in [2.45, 2.75) is 18.6 Å². The van der Waals surface area contributed by atoms with E-state index in [1.165, 1.54) is 24.3 Å². The summed E-state index contributed by atoms with van der Waals surface area (Å²) in [5.74, 6) is -0.403. The Hall–Kier alpha value is -2.22. The van der Waals surface area contributed by atoms with Gasteiger partial charge in [0.15, 0.2) is 10.9 Å². The second kappa shape index (κ2) is 6.49. The van der Waals surface area contributed by atoms with Crippen LogP contribution in [-0.4, -0.2) is 32.2 Å². The van der Waals surface area contributed by atoms with Crippen molar-refractivity contribution in [1.29, 1.82) is 0 Å². The molecule has 1 heterocycles. The molecule has 1 aromatic heterocycles. The molecule has 1 amide bonds. The quantitative estimate of drug-likeness (QED) is 0.639. The number of hydrogen-bond donors (Lipinski definition) is 1. The van der Waals surface area contributed by atoms with Gasteiger partial charge in [-0.2, -0.15) is 0 Å². The Balaban J connectivity index is 2.04. The number of rotatable bonds is 6. The molecule has 2 N–H and O–H groups in total. The van der Waals surface area contributed by atoms with E-state index in [1.54, 1.807) is 11.5 Å². The van der Waals surface area contributed by atoms with Crippen molar-refractivity contribution >= 4 is 23.5 Å². The topological polar surface area (TPSA) is 90.9 Å². The number of ketones is 1. The molecule has 0 spiro atoms. The van der Waals surface area contributed by atoms with Crippen molar-refractivity contribution in [3.05, 3.63) is 41.5 Å². The van der Waals surface area contributed by atoms with Crippen LogP contribution in [0.5, 0.6) is 0 Å². The fraction of sp³-hybridized carbons (Fsp3) is 0.231. The minimum Gasteiger partial charge on any atom is -0.368 e. The van der Waals surface area contributed by atoms with Crippen LogP contribution in [0.15, 0.2) is 29.4 Å². The van der Waals surface area contributed by atoms with Gasteiger partial charge in [0.05, 0.1) is 5.75 Å². The number of hydrogen-bond acceptors (Lipinski definition) is 5. The minimum absolute atomic E-state index is 0.0358. The van der Waals surface area contributed by atoms with E-state index >= 15 is 0 Å². The van der Waals surface area contributed by atoms with Crippen LogP contribution >= 0.6 is 11.8 Å². The van der Waals surface area contributed by atoms with E-state index in [0.717, 1.165) is 11.8 Å². The maximum Gasteiger partial charge on any atom is 0.237 e. The molecule has 0 atom stereocenters. The normalized spacial score (nSPS) is 10.6. The van der Waals surface area contributed by atoms with Gasteiger partial charge >= 0.3 is 0 Å². The van der Waals surface area contributed by atoms with E-state index in [4.69, 9.17) is 5.73 Å². The minimum atomic E-state index is -0.510. The van der Waals surface area contributed by atoms with Crippen LogP contribution in [0.4, 0.5) is 4.39 Å². The number of benzene rings is 1. The lowest BCUT2D eigenvalue weighted by Gasteiger charge is -2.05. The van der Waals surface area contributed by atoms with Gasteiger partial charge in [0, 0.05) is 5.56 Å². The van der Waals surface area contributed by atoms with Gasteiger partial charge in [0.2, 0.25) is 5.91 Å². The molecule has 0 aliphatic rings. The van der Waals surface area contributed by atoms with E-state index in [0.29, 0.717) is 16.5 Å². The molecular weight excluding hydrogens is 295 g/mol. The Morgan fingerprint density at radius 1 is 1.29 bits per heavy atom. The zero-order valence-corrected chi connectivity index (χ0v) is 12.1. The van der Waals surface area contributed by atoms with Crippen molar-refractivity contribution in [1.82, 2.24) is 14.8 Å².